The minimum Gasteiger partial charge on any atom is -0.477 e. The van der Waals surface area contributed by atoms with Crippen molar-refractivity contribution in [2.24, 2.45) is 11.8 Å². The van der Waals surface area contributed by atoms with Gasteiger partial charge in [-0.05, 0) is 24.7 Å². The summed E-state index contributed by atoms with van der Waals surface area (Å²) < 4.78 is 0. The number of carboxylic acid groups (broad SMARTS) is 2. The standard InChI is InChI=1S/2C8H11NO2/c2*1-6(2)3-4-7(5-9)8(10)11/h2*4,6H,3H2,1-2H3,(H,10,11). The highest BCUT2D eigenvalue weighted by molar-refractivity contribution is 5.91. The minimum atomic E-state index is -1.15. The maximum atomic E-state index is 10.3. The average molecular weight is 306 g/mol. The fraction of sp³-hybridized carbons (Fsp3) is 0.500. The molecule has 0 fully saturated rings. The van der Waals surface area contributed by atoms with E-state index in [1.54, 1.807) is 12.1 Å². The van der Waals surface area contributed by atoms with Crippen LogP contribution in [0.2, 0.25) is 0 Å². The van der Waals surface area contributed by atoms with Gasteiger partial charge in [0.05, 0.1) is 0 Å². The Bertz CT molecular complexity index is 469. The molecule has 0 saturated heterocycles. The molecule has 0 heterocycles. The summed E-state index contributed by atoms with van der Waals surface area (Å²) in [5, 5.41) is 33.4. The van der Waals surface area contributed by atoms with E-state index < -0.39 is 11.9 Å². The molecule has 0 aliphatic heterocycles. The van der Waals surface area contributed by atoms with Gasteiger partial charge in [0.25, 0.3) is 0 Å². The van der Waals surface area contributed by atoms with E-state index >= 15 is 0 Å². The molecule has 0 radical (unpaired) electrons. The summed E-state index contributed by atoms with van der Waals surface area (Å²) in [5.74, 6) is -1.52. The fourth-order valence-electron chi connectivity index (χ4n) is 1.07. The van der Waals surface area contributed by atoms with Crippen LogP contribution in [0.4, 0.5) is 0 Å². The maximum Gasteiger partial charge on any atom is 0.346 e. The predicted octanol–water partition coefficient (Wildman–Crippen LogP) is 3.13. The van der Waals surface area contributed by atoms with Crippen LogP contribution in [0.3, 0.4) is 0 Å². The van der Waals surface area contributed by atoms with Gasteiger partial charge in [-0.3, -0.25) is 0 Å². The number of hydrogen-bond donors (Lipinski definition) is 2. The molecule has 0 aliphatic rings. The number of aliphatic carboxylic acids is 2. The Morgan fingerprint density at radius 3 is 1.27 bits per heavy atom. The van der Waals surface area contributed by atoms with E-state index in [-0.39, 0.29) is 11.1 Å². The smallest absolute Gasteiger partial charge is 0.346 e. The van der Waals surface area contributed by atoms with Gasteiger partial charge < -0.3 is 10.2 Å². The number of allylic oxidation sites excluding steroid dienone is 2. The first-order valence-corrected chi connectivity index (χ1v) is 6.82. The van der Waals surface area contributed by atoms with Crippen molar-refractivity contribution < 1.29 is 19.8 Å². The van der Waals surface area contributed by atoms with Crippen LogP contribution in [0.5, 0.6) is 0 Å². The molecule has 0 unspecified atom stereocenters. The van der Waals surface area contributed by atoms with Gasteiger partial charge in [-0.15, -0.1) is 0 Å². The minimum absolute atomic E-state index is 0.168. The zero-order valence-electron chi connectivity index (χ0n) is 13.3. The van der Waals surface area contributed by atoms with Gasteiger partial charge >= 0.3 is 11.9 Å². The van der Waals surface area contributed by atoms with E-state index in [0.717, 1.165) is 0 Å². The van der Waals surface area contributed by atoms with Crippen LogP contribution >= 0.6 is 0 Å². The molecule has 0 amide bonds. The van der Waals surface area contributed by atoms with E-state index in [0.29, 0.717) is 24.7 Å². The number of carboxylic acids is 2. The number of hydrogen-bond acceptors (Lipinski definition) is 4. The molecule has 0 aromatic carbocycles. The van der Waals surface area contributed by atoms with Gasteiger partial charge in [0.15, 0.2) is 0 Å². The summed E-state index contributed by atoms with van der Waals surface area (Å²) in [4.78, 5) is 20.5. The van der Waals surface area contributed by atoms with E-state index in [1.807, 2.05) is 27.7 Å². The van der Waals surface area contributed by atoms with Crippen molar-refractivity contribution in [2.75, 3.05) is 0 Å². The second kappa shape index (κ2) is 12.2. The first-order valence-electron chi connectivity index (χ1n) is 6.82. The Hall–Kier alpha value is -2.60. The van der Waals surface area contributed by atoms with Crippen molar-refractivity contribution in [3.8, 4) is 12.1 Å². The molecule has 0 spiro atoms. The molecule has 2 N–H and O–H groups in total. The monoisotopic (exact) mass is 306 g/mol. The third-order valence-electron chi connectivity index (χ3n) is 2.29. The van der Waals surface area contributed by atoms with Gasteiger partial charge in [0, 0.05) is 0 Å². The van der Waals surface area contributed by atoms with Crippen molar-refractivity contribution in [1.82, 2.24) is 0 Å². The summed E-state index contributed by atoms with van der Waals surface area (Å²) in [6.45, 7) is 7.86. The number of nitrogens with zero attached hydrogens (tertiary/aromatic N) is 2. The average Bonchev–Trinajstić information content (AvgIpc) is 2.39. The largest absolute Gasteiger partial charge is 0.477 e. The third-order valence-corrected chi connectivity index (χ3v) is 2.29. The highest BCUT2D eigenvalue weighted by atomic mass is 16.4. The predicted molar refractivity (Wildman–Crippen MR) is 81.6 cm³/mol. The summed E-state index contributed by atoms with van der Waals surface area (Å²) in [5.41, 5.74) is -0.336. The summed E-state index contributed by atoms with van der Waals surface area (Å²) in [6.07, 6.45) is 4.17. The molecule has 22 heavy (non-hydrogen) atoms. The summed E-state index contributed by atoms with van der Waals surface area (Å²) in [6, 6.07) is 3.24. The van der Waals surface area contributed by atoms with Crippen LogP contribution in [0, 0.1) is 34.5 Å². The normalized spacial score (nSPS) is 11.3. The van der Waals surface area contributed by atoms with E-state index in [2.05, 4.69) is 0 Å². The highest BCUT2D eigenvalue weighted by Crippen LogP contribution is 2.04. The van der Waals surface area contributed by atoms with Crippen molar-refractivity contribution in [3.63, 3.8) is 0 Å². The molecule has 0 aromatic rings. The Balaban J connectivity index is 0. The Labute approximate surface area is 131 Å². The quantitative estimate of drug-likeness (QED) is 0.574. The molecular formula is C16H22N2O4. The molecule has 0 atom stereocenters. The van der Waals surface area contributed by atoms with Crippen LogP contribution in [0.1, 0.15) is 40.5 Å². The molecule has 120 valence electrons. The Morgan fingerprint density at radius 2 is 1.14 bits per heavy atom. The zero-order chi connectivity index (χ0) is 17.7. The molecule has 6 nitrogen and oxygen atoms in total. The Morgan fingerprint density at radius 1 is 0.864 bits per heavy atom. The van der Waals surface area contributed by atoms with Gasteiger partial charge in [0.2, 0.25) is 0 Å². The Kier molecular flexibility index (Phi) is 12.0. The summed E-state index contributed by atoms with van der Waals surface area (Å²) >= 11 is 0. The van der Waals surface area contributed by atoms with Gasteiger partial charge in [0.1, 0.15) is 23.3 Å². The van der Waals surface area contributed by atoms with Crippen molar-refractivity contribution in [2.45, 2.75) is 40.5 Å². The first-order chi connectivity index (χ1) is 10.1. The van der Waals surface area contributed by atoms with Crippen molar-refractivity contribution >= 4 is 11.9 Å². The lowest BCUT2D eigenvalue weighted by molar-refractivity contribution is -0.133. The van der Waals surface area contributed by atoms with Gasteiger partial charge in [-0.1, -0.05) is 39.8 Å². The van der Waals surface area contributed by atoms with E-state index in [1.165, 1.54) is 12.2 Å². The number of nitriles is 2. The van der Waals surface area contributed by atoms with Crippen molar-refractivity contribution in [3.05, 3.63) is 23.3 Å². The third kappa shape index (κ3) is 12.4. The maximum absolute atomic E-state index is 10.3. The SMILES string of the molecule is CC(C)CC=C(C#N)C(=O)O.CC(C)CC=C(C#N)C(=O)O. The lowest BCUT2D eigenvalue weighted by Gasteiger charge is -1.96. The second-order valence-electron chi connectivity index (χ2n) is 5.33. The van der Waals surface area contributed by atoms with Gasteiger partial charge in [-0.2, -0.15) is 10.5 Å². The van der Waals surface area contributed by atoms with Crippen LogP contribution in [0.15, 0.2) is 23.3 Å². The molecule has 0 aliphatic carbocycles. The molecule has 0 bridgehead atoms. The fourth-order valence-corrected chi connectivity index (χ4v) is 1.07. The lowest BCUT2D eigenvalue weighted by atomic mass is 10.1. The van der Waals surface area contributed by atoms with Crippen molar-refractivity contribution in [1.29, 1.82) is 10.5 Å². The topological polar surface area (TPSA) is 122 Å². The van der Waals surface area contributed by atoms with E-state index in [4.69, 9.17) is 20.7 Å². The molecule has 0 aromatic heterocycles. The van der Waals surface area contributed by atoms with Gasteiger partial charge in [-0.25, -0.2) is 9.59 Å². The first kappa shape index (κ1) is 21.7. The molecular weight excluding hydrogens is 284 g/mol. The van der Waals surface area contributed by atoms with Crippen LogP contribution in [-0.2, 0) is 9.59 Å². The van der Waals surface area contributed by atoms with Crippen LogP contribution in [0.25, 0.3) is 0 Å². The zero-order valence-corrected chi connectivity index (χ0v) is 13.3. The summed E-state index contributed by atoms with van der Waals surface area (Å²) in [7, 11) is 0. The number of carbonyl (C=O) groups is 2. The lowest BCUT2D eigenvalue weighted by Crippen LogP contribution is -1.98. The van der Waals surface area contributed by atoms with Crippen LogP contribution < -0.4 is 0 Å². The number of rotatable bonds is 6. The molecule has 0 rings (SSSR count). The molecule has 0 saturated carbocycles. The second-order valence-corrected chi connectivity index (χ2v) is 5.33. The molecule has 6 heteroatoms. The van der Waals surface area contributed by atoms with Crippen LogP contribution in [-0.4, -0.2) is 22.2 Å². The van der Waals surface area contributed by atoms with E-state index in [9.17, 15) is 9.59 Å². The highest BCUT2D eigenvalue weighted by Gasteiger charge is 2.05.